The Labute approximate surface area is 242 Å². The third kappa shape index (κ3) is 4.90. The van der Waals surface area contributed by atoms with E-state index in [1.54, 1.807) is 11.3 Å². The summed E-state index contributed by atoms with van der Waals surface area (Å²) in [5.74, 6) is 1.59. The molecule has 5 heterocycles. The van der Waals surface area contributed by atoms with Gasteiger partial charge in [0, 0.05) is 61.1 Å². The third-order valence-electron chi connectivity index (χ3n) is 8.95. The quantitative estimate of drug-likeness (QED) is 0.349. The molecule has 41 heavy (non-hydrogen) atoms. The summed E-state index contributed by atoms with van der Waals surface area (Å²) in [7, 11) is 0. The first-order chi connectivity index (χ1) is 20.0. The molecule has 2 saturated heterocycles. The molecule has 7 rings (SSSR count). The average molecular weight is 574 g/mol. The molecule has 11 heteroatoms. The number of thiophene rings is 1. The van der Waals surface area contributed by atoms with Crippen LogP contribution >= 0.6 is 11.3 Å². The van der Waals surface area contributed by atoms with Crippen LogP contribution in [0.25, 0.3) is 32.5 Å². The van der Waals surface area contributed by atoms with Gasteiger partial charge in [0.05, 0.1) is 40.7 Å². The van der Waals surface area contributed by atoms with Crippen LogP contribution in [0, 0.1) is 0 Å². The van der Waals surface area contributed by atoms with Gasteiger partial charge in [0.2, 0.25) is 5.91 Å². The molecule has 0 bridgehead atoms. The monoisotopic (exact) mass is 573 g/mol. The van der Waals surface area contributed by atoms with Gasteiger partial charge in [-0.05, 0) is 43.9 Å². The zero-order valence-electron chi connectivity index (χ0n) is 23.1. The lowest BCUT2D eigenvalue weighted by molar-refractivity contribution is -0.128. The number of rotatable bonds is 5. The molecular weight excluding hydrogens is 538 g/mol. The summed E-state index contributed by atoms with van der Waals surface area (Å²) >= 11 is 1.63. The second-order valence-electron chi connectivity index (χ2n) is 11.3. The van der Waals surface area contributed by atoms with Crippen LogP contribution in [-0.4, -0.2) is 99.5 Å². The van der Waals surface area contributed by atoms with E-state index in [1.165, 1.54) is 6.08 Å². The van der Waals surface area contributed by atoms with E-state index in [0.717, 1.165) is 89.5 Å². The molecule has 0 unspecified atom stereocenters. The van der Waals surface area contributed by atoms with Crippen molar-refractivity contribution < 1.29 is 14.6 Å². The Morgan fingerprint density at radius 2 is 1.90 bits per heavy atom. The highest BCUT2D eigenvalue weighted by atomic mass is 32.1. The number of nitrogens with one attached hydrogen (secondary N) is 1. The van der Waals surface area contributed by atoms with E-state index in [0.29, 0.717) is 37.9 Å². The minimum atomic E-state index is -0.879. The van der Waals surface area contributed by atoms with Crippen molar-refractivity contribution in [2.45, 2.75) is 37.3 Å². The van der Waals surface area contributed by atoms with Gasteiger partial charge in [0.1, 0.15) is 0 Å². The van der Waals surface area contributed by atoms with Gasteiger partial charge in [-0.1, -0.05) is 18.7 Å². The van der Waals surface area contributed by atoms with Crippen molar-refractivity contribution in [3.05, 3.63) is 48.0 Å². The fraction of sp³-hybridized carbons (Fsp3) is 0.467. The largest absolute Gasteiger partial charge is 0.384 e. The number of ether oxygens (including phenoxy) is 1. The van der Waals surface area contributed by atoms with E-state index in [1.807, 2.05) is 29.3 Å². The maximum atomic E-state index is 12.0. The van der Waals surface area contributed by atoms with Crippen LogP contribution in [0.15, 0.2) is 43.1 Å². The Kier molecular flexibility index (Phi) is 6.98. The van der Waals surface area contributed by atoms with E-state index >= 15 is 0 Å². The topological polar surface area (TPSA) is 111 Å². The number of amides is 1. The van der Waals surface area contributed by atoms with Crippen molar-refractivity contribution >= 4 is 44.2 Å². The van der Waals surface area contributed by atoms with Gasteiger partial charge < -0.3 is 19.6 Å². The number of nitrogens with zero attached hydrogens (tertiary/aromatic N) is 6. The summed E-state index contributed by atoms with van der Waals surface area (Å²) in [4.78, 5) is 29.7. The Hall–Kier alpha value is -3.38. The fourth-order valence-corrected chi connectivity index (χ4v) is 7.81. The molecule has 1 aliphatic carbocycles. The number of carbonyl (C=O) groups is 1. The predicted molar refractivity (Wildman–Crippen MR) is 160 cm³/mol. The molecule has 2 aliphatic heterocycles. The number of aromatic nitrogens is 4. The first-order valence-electron chi connectivity index (χ1n) is 14.5. The smallest absolute Gasteiger partial charge is 0.246 e. The number of carbonyl (C=O) groups excluding carboxylic acids is 1. The lowest BCUT2D eigenvalue weighted by Crippen LogP contribution is -2.53. The number of piperazine rings is 1. The van der Waals surface area contributed by atoms with Crippen molar-refractivity contribution in [3.63, 3.8) is 0 Å². The van der Waals surface area contributed by atoms with E-state index in [2.05, 4.69) is 32.6 Å². The van der Waals surface area contributed by atoms with E-state index in [-0.39, 0.29) is 5.91 Å². The minimum Gasteiger partial charge on any atom is -0.384 e. The van der Waals surface area contributed by atoms with E-state index in [9.17, 15) is 9.90 Å². The molecule has 0 spiro atoms. The zero-order valence-corrected chi connectivity index (χ0v) is 23.9. The zero-order chi connectivity index (χ0) is 28.0. The van der Waals surface area contributed by atoms with E-state index < -0.39 is 5.60 Å². The van der Waals surface area contributed by atoms with Crippen molar-refractivity contribution in [1.82, 2.24) is 30.0 Å². The third-order valence-corrected chi connectivity index (χ3v) is 10.3. The SMILES string of the molecule is C=CC(=O)N1CCN(C2CCC(O)(c3cc4nc(-c5cccc6[nH]ncc56)nc(N5CCOCC5)c4s3)CC2)CC1. The van der Waals surface area contributed by atoms with Gasteiger partial charge in [-0.15, -0.1) is 11.3 Å². The molecule has 1 aromatic carbocycles. The molecule has 4 aromatic rings. The Morgan fingerprint density at radius 1 is 1.12 bits per heavy atom. The van der Waals surface area contributed by atoms with Crippen LogP contribution in [0.2, 0.25) is 0 Å². The van der Waals surface area contributed by atoms with Gasteiger partial charge in [-0.3, -0.25) is 14.8 Å². The second-order valence-corrected chi connectivity index (χ2v) is 12.3. The summed E-state index contributed by atoms with van der Waals surface area (Å²) < 4.78 is 6.65. The number of morpholine rings is 1. The molecule has 2 N–H and O–H groups in total. The maximum Gasteiger partial charge on any atom is 0.246 e. The van der Waals surface area contributed by atoms with Gasteiger partial charge in [0.25, 0.3) is 0 Å². The lowest BCUT2D eigenvalue weighted by atomic mass is 9.80. The van der Waals surface area contributed by atoms with Crippen LogP contribution in [0.1, 0.15) is 30.6 Å². The Balaban J connectivity index is 1.17. The average Bonchev–Trinajstić information content (AvgIpc) is 3.69. The molecule has 0 radical (unpaired) electrons. The molecule has 10 nitrogen and oxygen atoms in total. The highest BCUT2D eigenvalue weighted by Crippen LogP contribution is 2.45. The second kappa shape index (κ2) is 10.8. The summed E-state index contributed by atoms with van der Waals surface area (Å²) in [5.41, 5.74) is 1.88. The van der Waals surface area contributed by atoms with Gasteiger partial charge in [-0.2, -0.15) is 5.10 Å². The van der Waals surface area contributed by atoms with Crippen LogP contribution in [0.3, 0.4) is 0 Å². The molecule has 0 atom stereocenters. The first-order valence-corrected chi connectivity index (χ1v) is 15.3. The van der Waals surface area contributed by atoms with Crippen LogP contribution in [-0.2, 0) is 15.1 Å². The number of fused-ring (bicyclic) bond motifs is 2. The molecule has 3 aliphatic rings. The van der Waals surface area contributed by atoms with E-state index in [4.69, 9.17) is 14.7 Å². The molecule has 3 fully saturated rings. The number of hydrogen-bond donors (Lipinski definition) is 2. The van der Waals surface area contributed by atoms with Gasteiger partial charge in [0.15, 0.2) is 11.6 Å². The Morgan fingerprint density at radius 3 is 2.66 bits per heavy atom. The normalized spacial score (nSPS) is 24.3. The van der Waals surface area contributed by atoms with Crippen LogP contribution < -0.4 is 4.90 Å². The van der Waals surface area contributed by atoms with Crippen LogP contribution in [0.5, 0.6) is 0 Å². The molecule has 3 aromatic heterocycles. The molecular formula is C30H35N7O3S. The maximum absolute atomic E-state index is 12.0. The summed E-state index contributed by atoms with van der Waals surface area (Å²) in [6.07, 6.45) is 6.49. The fourth-order valence-electron chi connectivity index (χ4n) is 6.55. The number of aliphatic hydroxyl groups is 1. The van der Waals surface area contributed by atoms with Crippen molar-refractivity contribution in [3.8, 4) is 11.4 Å². The summed E-state index contributed by atoms with van der Waals surface area (Å²) in [5, 5.41) is 20.2. The lowest BCUT2D eigenvalue weighted by Gasteiger charge is -2.43. The number of benzene rings is 1. The summed E-state index contributed by atoms with van der Waals surface area (Å²) in [6.45, 7) is 9.70. The first kappa shape index (κ1) is 26.5. The number of H-pyrrole nitrogens is 1. The summed E-state index contributed by atoms with van der Waals surface area (Å²) in [6, 6.07) is 8.55. The highest BCUT2D eigenvalue weighted by molar-refractivity contribution is 7.19. The van der Waals surface area contributed by atoms with Crippen molar-refractivity contribution in [2.24, 2.45) is 0 Å². The Bertz CT molecular complexity index is 1580. The highest BCUT2D eigenvalue weighted by Gasteiger charge is 2.39. The standard InChI is InChI=1S/C30H35N7O3S/c1-2-26(38)36-12-10-35(11-13-36)20-6-8-30(39,9-7-20)25-18-24-27(41-25)29(37-14-16-40-17-15-37)33-28(32-24)21-4-3-5-23-22(21)19-31-34-23/h2-5,18-20,39H,1,6-17H2,(H,31,34). The minimum absolute atomic E-state index is 0.0107. The molecule has 214 valence electrons. The number of anilines is 1. The van der Waals surface area contributed by atoms with Gasteiger partial charge in [-0.25, -0.2) is 9.97 Å². The van der Waals surface area contributed by atoms with Crippen molar-refractivity contribution in [1.29, 1.82) is 0 Å². The number of aromatic amines is 1. The van der Waals surface area contributed by atoms with Gasteiger partial charge >= 0.3 is 0 Å². The number of hydrogen-bond acceptors (Lipinski definition) is 9. The predicted octanol–water partition coefficient (Wildman–Crippen LogP) is 3.53. The molecule has 1 amide bonds. The van der Waals surface area contributed by atoms with Crippen molar-refractivity contribution in [2.75, 3.05) is 57.4 Å². The van der Waals surface area contributed by atoms with Crippen LogP contribution in [0.4, 0.5) is 5.82 Å². The molecule has 1 saturated carbocycles.